The van der Waals surface area contributed by atoms with Gasteiger partial charge >= 0.3 is 0 Å². The molecule has 1 atom stereocenters. The highest BCUT2D eigenvalue weighted by Crippen LogP contribution is 2.20. The average Bonchev–Trinajstić information content (AvgIpc) is 2.44. The van der Waals surface area contributed by atoms with E-state index in [0.717, 1.165) is 12.1 Å². The summed E-state index contributed by atoms with van der Waals surface area (Å²) in [5.74, 6) is -2.36. The molecule has 0 spiro atoms. The predicted octanol–water partition coefficient (Wildman–Crippen LogP) is 2.48. The summed E-state index contributed by atoms with van der Waals surface area (Å²) in [7, 11) is 0. The van der Waals surface area contributed by atoms with Gasteiger partial charge in [0.25, 0.3) is 5.91 Å². The van der Waals surface area contributed by atoms with Crippen molar-refractivity contribution in [3.8, 4) is 0 Å². The number of carbonyl (C=O) groups is 1. The molecule has 2 aromatic rings. The van der Waals surface area contributed by atoms with Crippen LogP contribution in [0.25, 0.3) is 0 Å². The number of hydrogen-bond donors (Lipinski definition) is 2. The van der Waals surface area contributed by atoms with Crippen LogP contribution in [-0.2, 0) is 0 Å². The molecule has 21 heavy (non-hydrogen) atoms. The van der Waals surface area contributed by atoms with Crippen molar-refractivity contribution in [2.24, 2.45) is 0 Å². The highest BCUT2D eigenvalue weighted by molar-refractivity contribution is 6.30. The summed E-state index contributed by atoms with van der Waals surface area (Å²) < 4.78 is 26.9. The molecule has 0 aliphatic heterocycles. The van der Waals surface area contributed by atoms with Crippen LogP contribution in [0.15, 0.2) is 36.5 Å². The Morgan fingerprint density at radius 1 is 1.33 bits per heavy atom. The maximum atomic E-state index is 13.5. The fourth-order valence-corrected chi connectivity index (χ4v) is 1.90. The normalized spacial score (nSPS) is 12.0. The summed E-state index contributed by atoms with van der Waals surface area (Å²) in [6.45, 7) is -0.356. The SMILES string of the molecule is O=C(NCC(O)c1c(F)cccc1F)c1cc(Cl)ccn1. The van der Waals surface area contributed by atoms with E-state index in [-0.39, 0.29) is 12.2 Å². The molecule has 4 nitrogen and oxygen atoms in total. The second-order valence-corrected chi connectivity index (χ2v) is 4.66. The van der Waals surface area contributed by atoms with E-state index in [4.69, 9.17) is 11.6 Å². The van der Waals surface area contributed by atoms with Crippen molar-refractivity contribution in [1.82, 2.24) is 10.3 Å². The van der Waals surface area contributed by atoms with Gasteiger partial charge in [-0.3, -0.25) is 9.78 Å². The average molecular weight is 313 g/mol. The summed E-state index contributed by atoms with van der Waals surface area (Å²) in [6.07, 6.45) is -0.154. The van der Waals surface area contributed by atoms with Gasteiger partial charge in [-0.1, -0.05) is 17.7 Å². The third-order valence-corrected chi connectivity index (χ3v) is 2.98. The first kappa shape index (κ1) is 15.3. The van der Waals surface area contributed by atoms with Gasteiger partial charge in [-0.05, 0) is 24.3 Å². The molecule has 0 aliphatic carbocycles. The Labute approximate surface area is 124 Å². The number of aromatic nitrogens is 1. The molecule has 1 amide bonds. The van der Waals surface area contributed by atoms with Crippen molar-refractivity contribution < 1.29 is 18.7 Å². The molecule has 1 heterocycles. The Morgan fingerprint density at radius 2 is 2.00 bits per heavy atom. The molecule has 2 rings (SSSR count). The quantitative estimate of drug-likeness (QED) is 0.911. The summed E-state index contributed by atoms with van der Waals surface area (Å²) in [5, 5.41) is 12.5. The Morgan fingerprint density at radius 3 is 2.62 bits per heavy atom. The molecule has 7 heteroatoms. The summed E-state index contributed by atoms with van der Waals surface area (Å²) in [5.41, 5.74) is -0.444. The topological polar surface area (TPSA) is 62.2 Å². The Balaban J connectivity index is 2.04. The van der Waals surface area contributed by atoms with E-state index in [0.29, 0.717) is 5.02 Å². The van der Waals surface area contributed by atoms with Gasteiger partial charge in [-0.15, -0.1) is 0 Å². The summed E-state index contributed by atoms with van der Waals surface area (Å²) >= 11 is 5.72. The number of amides is 1. The molecule has 0 fully saturated rings. The van der Waals surface area contributed by atoms with Gasteiger partial charge in [0.1, 0.15) is 23.4 Å². The number of nitrogens with zero attached hydrogens (tertiary/aromatic N) is 1. The van der Waals surface area contributed by atoms with Crippen LogP contribution in [0.1, 0.15) is 22.2 Å². The monoisotopic (exact) mass is 312 g/mol. The van der Waals surface area contributed by atoms with Gasteiger partial charge in [0.15, 0.2) is 0 Å². The first-order valence-corrected chi connectivity index (χ1v) is 6.38. The lowest BCUT2D eigenvalue weighted by molar-refractivity contribution is 0.0906. The molecular weight excluding hydrogens is 302 g/mol. The molecule has 0 aliphatic rings. The van der Waals surface area contributed by atoms with Crippen molar-refractivity contribution in [3.05, 3.63) is 64.4 Å². The van der Waals surface area contributed by atoms with Crippen LogP contribution in [-0.4, -0.2) is 22.5 Å². The second kappa shape index (κ2) is 6.60. The van der Waals surface area contributed by atoms with Crippen molar-refractivity contribution >= 4 is 17.5 Å². The minimum Gasteiger partial charge on any atom is -0.386 e. The van der Waals surface area contributed by atoms with E-state index in [9.17, 15) is 18.7 Å². The molecule has 0 bridgehead atoms. The molecule has 110 valence electrons. The third kappa shape index (κ3) is 3.74. The minimum absolute atomic E-state index is 0.0451. The van der Waals surface area contributed by atoms with Crippen LogP contribution in [0.4, 0.5) is 8.78 Å². The largest absolute Gasteiger partial charge is 0.386 e. The number of aliphatic hydroxyl groups excluding tert-OH is 1. The fraction of sp³-hybridized carbons (Fsp3) is 0.143. The number of halogens is 3. The third-order valence-electron chi connectivity index (χ3n) is 2.74. The maximum absolute atomic E-state index is 13.5. The number of rotatable bonds is 4. The van der Waals surface area contributed by atoms with Crippen LogP contribution < -0.4 is 5.32 Å². The van der Waals surface area contributed by atoms with Crippen molar-refractivity contribution in [1.29, 1.82) is 0 Å². The number of nitrogens with one attached hydrogen (secondary N) is 1. The van der Waals surface area contributed by atoms with Gasteiger partial charge in [-0.25, -0.2) is 8.78 Å². The van der Waals surface area contributed by atoms with E-state index in [1.807, 2.05) is 0 Å². The number of benzene rings is 1. The van der Waals surface area contributed by atoms with Crippen molar-refractivity contribution in [2.45, 2.75) is 6.10 Å². The van der Waals surface area contributed by atoms with E-state index in [1.165, 1.54) is 24.4 Å². The summed E-state index contributed by atoms with van der Waals surface area (Å²) in [6, 6.07) is 6.09. The summed E-state index contributed by atoms with van der Waals surface area (Å²) in [4.78, 5) is 15.6. The zero-order valence-electron chi connectivity index (χ0n) is 10.7. The first-order valence-electron chi connectivity index (χ1n) is 6.00. The number of carbonyl (C=O) groups excluding carboxylic acids is 1. The first-order chi connectivity index (χ1) is 9.99. The van der Waals surface area contributed by atoms with E-state index in [1.54, 1.807) is 0 Å². The van der Waals surface area contributed by atoms with Crippen LogP contribution >= 0.6 is 11.6 Å². The maximum Gasteiger partial charge on any atom is 0.270 e. The van der Waals surface area contributed by atoms with Crippen molar-refractivity contribution in [3.63, 3.8) is 0 Å². The van der Waals surface area contributed by atoms with Gasteiger partial charge in [0, 0.05) is 17.8 Å². The lowest BCUT2D eigenvalue weighted by Crippen LogP contribution is -2.29. The predicted molar refractivity (Wildman–Crippen MR) is 72.9 cm³/mol. The van der Waals surface area contributed by atoms with Gasteiger partial charge in [0.05, 0.1) is 5.56 Å². The standard InChI is InChI=1S/C14H11ClF2N2O2/c15-8-4-5-18-11(6-8)14(21)19-7-12(20)13-9(16)2-1-3-10(13)17/h1-6,12,20H,7H2,(H,19,21). The molecule has 0 saturated heterocycles. The lowest BCUT2D eigenvalue weighted by Gasteiger charge is -2.13. The zero-order valence-corrected chi connectivity index (χ0v) is 11.4. The van der Waals surface area contributed by atoms with Gasteiger partial charge < -0.3 is 10.4 Å². The molecule has 0 radical (unpaired) electrons. The Bertz CT molecular complexity index is 647. The molecular formula is C14H11ClF2N2O2. The molecule has 0 saturated carbocycles. The zero-order chi connectivity index (χ0) is 15.4. The number of aliphatic hydroxyl groups is 1. The van der Waals surface area contributed by atoms with Crippen LogP contribution in [0.5, 0.6) is 0 Å². The number of hydrogen-bond acceptors (Lipinski definition) is 3. The van der Waals surface area contributed by atoms with Crippen LogP contribution in [0.3, 0.4) is 0 Å². The Hall–Kier alpha value is -2.05. The second-order valence-electron chi connectivity index (χ2n) is 4.22. The number of pyridine rings is 1. The van der Waals surface area contributed by atoms with Gasteiger partial charge in [-0.2, -0.15) is 0 Å². The molecule has 2 N–H and O–H groups in total. The minimum atomic E-state index is -1.51. The van der Waals surface area contributed by atoms with Crippen LogP contribution in [0.2, 0.25) is 5.02 Å². The smallest absolute Gasteiger partial charge is 0.270 e. The van der Waals surface area contributed by atoms with E-state index >= 15 is 0 Å². The fourth-order valence-electron chi connectivity index (χ4n) is 1.74. The highest BCUT2D eigenvalue weighted by atomic mass is 35.5. The molecule has 1 aromatic carbocycles. The highest BCUT2D eigenvalue weighted by Gasteiger charge is 2.19. The molecule has 1 aromatic heterocycles. The molecule has 1 unspecified atom stereocenters. The van der Waals surface area contributed by atoms with Crippen molar-refractivity contribution in [2.75, 3.05) is 6.54 Å². The Kier molecular flexibility index (Phi) is 4.82. The van der Waals surface area contributed by atoms with E-state index < -0.39 is 29.2 Å². The van der Waals surface area contributed by atoms with Crippen LogP contribution in [0, 0.1) is 11.6 Å². The van der Waals surface area contributed by atoms with E-state index in [2.05, 4.69) is 10.3 Å². The lowest BCUT2D eigenvalue weighted by atomic mass is 10.1. The van der Waals surface area contributed by atoms with Gasteiger partial charge in [0.2, 0.25) is 0 Å².